The van der Waals surface area contributed by atoms with E-state index in [2.05, 4.69) is 34.4 Å². The Bertz CT molecular complexity index is 398. The molecule has 1 heterocycles. The van der Waals surface area contributed by atoms with Gasteiger partial charge in [0.25, 0.3) is 0 Å². The van der Waals surface area contributed by atoms with Gasteiger partial charge in [-0.25, -0.2) is 9.37 Å². The van der Waals surface area contributed by atoms with Crippen molar-refractivity contribution in [1.29, 1.82) is 0 Å². The zero-order valence-corrected chi connectivity index (χ0v) is 11.8. The molecule has 108 valence electrons. The van der Waals surface area contributed by atoms with Crippen LogP contribution in [0.2, 0.25) is 0 Å². The first-order valence-electron chi connectivity index (χ1n) is 6.59. The molecule has 0 aliphatic heterocycles. The Kier molecular flexibility index (Phi) is 5.95. The predicted octanol–water partition coefficient (Wildman–Crippen LogP) is 2.26. The summed E-state index contributed by atoms with van der Waals surface area (Å²) < 4.78 is 13.6. The second-order valence-electron chi connectivity index (χ2n) is 5.27. The van der Waals surface area contributed by atoms with Crippen molar-refractivity contribution < 1.29 is 9.50 Å². The van der Waals surface area contributed by atoms with E-state index in [0.717, 1.165) is 19.0 Å². The van der Waals surface area contributed by atoms with Gasteiger partial charge in [0.05, 0.1) is 6.20 Å². The standard InChI is InChI=1S/C13H23FN4O/c1-4-15-12-16-8-10(14)11(18-12)17-9-13(2,3)6-5-7-19/h8,19H,4-7,9H2,1-3H3,(H2,15,16,17,18). The number of hydrogen-bond acceptors (Lipinski definition) is 5. The summed E-state index contributed by atoms with van der Waals surface area (Å²) in [6.45, 7) is 7.52. The maximum Gasteiger partial charge on any atom is 0.224 e. The maximum absolute atomic E-state index is 13.6. The van der Waals surface area contributed by atoms with Crippen molar-refractivity contribution in [3.05, 3.63) is 12.0 Å². The molecule has 0 unspecified atom stereocenters. The molecule has 0 amide bonds. The predicted molar refractivity (Wildman–Crippen MR) is 74.7 cm³/mol. The van der Waals surface area contributed by atoms with Gasteiger partial charge in [0.15, 0.2) is 11.6 Å². The molecular formula is C13H23FN4O. The third-order valence-corrected chi connectivity index (χ3v) is 2.83. The molecule has 0 spiro atoms. The summed E-state index contributed by atoms with van der Waals surface area (Å²) >= 11 is 0. The first-order valence-corrected chi connectivity index (χ1v) is 6.59. The SMILES string of the molecule is CCNc1ncc(F)c(NCC(C)(C)CCCO)n1. The van der Waals surface area contributed by atoms with Gasteiger partial charge in [-0.2, -0.15) is 4.98 Å². The minimum absolute atomic E-state index is 0.0293. The molecule has 1 rings (SSSR count). The topological polar surface area (TPSA) is 70.1 Å². The van der Waals surface area contributed by atoms with Crippen molar-refractivity contribution in [2.75, 3.05) is 30.3 Å². The van der Waals surface area contributed by atoms with E-state index in [4.69, 9.17) is 5.11 Å². The number of halogens is 1. The van der Waals surface area contributed by atoms with Crippen LogP contribution in [0.1, 0.15) is 33.6 Å². The van der Waals surface area contributed by atoms with E-state index < -0.39 is 5.82 Å². The van der Waals surface area contributed by atoms with Crippen LogP contribution in [-0.2, 0) is 0 Å². The molecule has 0 saturated carbocycles. The van der Waals surface area contributed by atoms with Crippen LogP contribution in [0.3, 0.4) is 0 Å². The highest BCUT2D eigenvalue weighted by Crippen LogP contribution is 2.23. The summed E-state index contributed by atoms with van der Waals surface area (Å²) in [6, 6.07) is 0. The fraction of sp³-hybridized carbons (Fsp3) is 0.692. The molecule has 0 aromatic carbocycles. The van der Waals surface area contributed by atoms with E-state index >= 15 is 0 Å². The number of aromatic nitrogens is 2. The number of aliphatic hydroxyl groups excluding tert-OH is 1. The van der Waals surface area contributed by atoms with Crippen molar-refractivity contribution in [2.45, 2.75) is 33.6 Å². The lowest BCUT2D eigenvalue weighted by Gasteiger charge is -2.25. The summed E-state index contributed by atoms with van der Waals surface area (Å²) in [5.41, 5.74) is -0.0293. The van der Waals surface area contributed by atoms with Gasteiger partial charge >= 0.3 is 0 Å². The Balaban J connectivity index is 2.63. The van der Waals surface area contributed by atoms with Gasteiger partial charge in [0, 0.05) is 19.7 Å². The van der Waals surface area contributed by atoms with E-state index in [1.807, 2.05) is 6.92 Å². The quantitative estimate of drug-likeness (QED) is 0.676. The van der Waals surface area contributed by atoms with E-state index in [1.165, 1.54) is 0 Å². The first kappa shape index (κ1) is 15.6. The molecule has 6 heteroatoms. The van der Waals surface area contributed by atoms with Crippen molar-refractivity contribution in [3.63, 3.8) is 0 Å². The minimum atomic E-state index is -0.459. The molecule has 0 fully saturated rings. The lowest BCUT2D eigenvalue weighted by molar-refractivity contribution is 0.247. The van der Waals surface area contributed by atoms with Crippen LogP contribution in [0.4, 0.5) is 16.2 Å². The highest BCUT2D eigenvalue weighted by molar-refractivity contribution is 5.41. The van der Waals surface area contributed by atoms with Crippen molar-refractivity contribution >= 4 is 11.8 Å². The molecule has 0 atom stereocenters. The minimum Gasteiger partial charge on any atom is -0.396 e. The van der Waals surface area contributed by atoms with Crippen LogP contribution in [0.15, 0.2) is 6.20 Å². The average Bonchev–Trinajstić information content (AvgIpc) is 2.37. The van der Waals surface area contributed by atoms with E-state index in [0.29, 0.717) is 19.0 Å². The van der Waals surface area contributed by atoms with Gasteiger partial charge in [-0.05, 0) is 25.2 Å². The van der Waals surface area contributed by atoms with Crippen LogP contribution in [0, 0.1) is 11.2 Å². The number of anilines is 2. The molecule has 0 bridgehead atoms. The second-order valence-corrected chi connectivity index (χ2v) is 5.27. The molecule has 19 heavy (non-hydrogen) atoms. The van der Waals surface area contributed by atoms with Crippen LogP contribution in [0.25, 0.3) is 0 Å². The number of nitrogens with one attached hydrogen (secondary N) is 2. The Morgan fingerprint density at radius 1 is 1.37 bits per heavy atom. The molecule has 1 aromatic rings. The molecule has 0 radical (unpaired) electrons. The van der Waals surface area contributed by atoms with Crippen molar-refractivity contribution in [2.24, 2.45) is 5.41 Å². The zero-order valence-electron chi connectivity index (χ0n) is 11.8. The highest BCUT2D eigenvalue weighted by Gasteiger charge is 2.18. The van der Waals surface area contributed by atoms with Crippen LogP contribution >= 0.6 is 0 Å². The number of rotatable bonds is 8. The van der Waals surface area contributed by atoms with E-state index in [9.17, 15) is 4.39 Å². The largest absolute Gasteiger partial charge is 0.396 e. The second kappa shape index (κ2) is 7.23. The molecule has 0 aliphatic carbocycles. The number of aliphatic hydroxyl groups is 1. The van der Waals surface area contributed by atoms with Gasteiger partial charge < -0.3 is 15.7 Å². The third-order valence-electron chi connectivity index (χ3n) is 2.83. The Morgan fingerprint density at radius 2 is 2.11 bits per heavy atom. The van der Waals surface area contributed by atoms with Crippen molar-refractivity contribution in [1.82, 2.24) is 9.97 Å². The molecule has 3 N–H and O–H groups in total. The summed E-state index contributed by atoms with van der Waals surface area (Å²) in [4.78, 5) is 7.94. The normalized spacial score (nSPS) is 11.4. The molecule has 1 aromatic heterocycles. The Hall–Kier alpha value is -1.43. The van der Waals surface area contributed by atoms with Crippen LogP contribution < -0.4 is 10.6 Å². The molecule has 0 aliphatic rings. The fourth-order valence-electron chi connectivity index (χ4n) is 1.70. The first-order chi connectivity index (χ1) is 8.98. The summed E-state index contributed by atoms with van der Waals surface area (Å²) in [5, 5.41) is 14.8. The maximum atomic E-state index is 13.6. The van der Waals surface area contributed by atoms with Crippen LogP contribution in [0.5, 0.6) is 0 Å². The van der Waals surface area contributed by atoms with Crippen molar-refractivity contribution in [3.8, 4) is 0 Å². The van der Waals surface area contributed by atoms with Gasteiger partial charge in [0.2, 0.25) is 5.95 Å². The summed E-state index contributed by atoms with van der Waals surface area (Å²) in [6.07, 6.45) is 2.76. The fourth-order valence-corrected chi connectivity index (χ4v) is 1.70. The van der Waals surface area contributed by atoms with Gasteiger partial charge in [-0.1, -0.05) is 13.8 Å². The monoisotopic (exact) mass is 270 g/mol. The highest BCUT2D eigenvalue weighted by atomic mass is 19.1. The smallest absolute Gasteiger partial charge is 0.224 e. The van der Waals surface area contributed by atoms with E-state index in [-0.39, 0.29) is 17.8 Å². The molecule has 5 nitrogen and oxygen atoms in total. The van der Waals surface area contributed by atoms with Crippen LogP contribution in [-0.4, -0.2) is 34.8 Å². The number of hydrogen-bond donors (Lipinski definition) is 3. The lowest BCUT2D eigenvalue weighted by atomic mass is 9.88. The average molecular weight is 270 g/mol. The van der Waals surface area contributed by atoms with Gasteiger partial charge in [0.1, 0.15) is 0 Å². The van der Waals surface area contributed by atoms with E-state index in [1.54, 1.807) is 0 Å². The number of nitrogens with zero attached hydrogens (tertiary/aromatic N) is 2. The Labute approximate surface area is 113 Å². The summed E-state index contributed by atoms with van der Waals surface area (Å²) in [5.74, 6) is 0.169. The lowest BCUT2D eigenvalue weighted by Crippen LogP contribution is -2.24. The van der Waals surface area contributed by atoms with Gasteiger partial charge in [-0.15, -0.1) is 0 Å². The third kappa shape index (κ3) is 5.38. The Morgan fingerprint density at radius 3 is 2.74 bits per heavy atom. The molecule has 0 saturated heterocycles. The molecular weight excluding hydrogens is 247 g/mol. The van der Waals surface area contributed by atoms with Gasteiger partial charge in [-0.3, -0.25) is 0 Å². The summed E-state index contributed by atoms with van der Waals surface area (Å²) in [7, 11) is 0. The zero-order chi connectivity index (χ0) is 14.3.